The van der Waals surface area contributed by atoms with Crippen LogP contribution >= 0.6 is 0 Å². The molecular weight excluding hydrogens is 218 g/mol. The maximum Gasteiger partial charge on any atom is 0.343 e. The van der Waals surface area contributed by atoms with Gasteiger partial charge in [-0.1, -0.05) is 0 Å². The van der Waals surface area contributed by atoms with Gasteiger partial charge in [-0.3, -0.25) is 0 Å². The monoisotopic (exact) mass is 235 g/mol. The van der Waals surface area contributed by atoms with Crippen molar-refractivity contribution in [2.75, 3.05) is 18.5 Å². The van der Waals surface area contributed by atoms with Crippen molar-refractivity contribution in [2.24, 2.45) is 0 Å². The zero-order valence-electron chi connectivity index (χ0n) is 10.0. The highest BCUT2D eigenvalue weighted by molar-refractivity contribution is 5.96. The van der Waals surface area contributed by atoms with E-state index in [-0.39, 0.29) is 5.97 Å². The third kappa shape index (κ3) is 1.79. The molecule has 1 aromatic rings. The summed E-state index contributed by atoms with van der Waals surface area (Å²) in [4.78, 5) is 12.0. The number of rotatable bonds is 3. The van der Waals surface area contributed by atoms with Gasteiger partial charge in [0.25, 0.3) is 0 Å². The number of nitrogens with zero attached hydrogens (tertiary/aromatic N) is 2. The minimum Gasteiger partial charge on any atom is -0.462 e. The minimum atomic E-state index is -0.231. The summed E-state index contributed by atoms with van der Waals surface area (Å²) >= 11 is 0. The van der Waals surface area contributed by atoms with E-state index in [4.69, 9.17) is 4.74 Å². The fraction of sp³-hybridized carbons (Fsp3) is 0.667. The lowest BCUT2D eigenvalue weighted by atomic mass is 10.1. The number of anilines is 1. The molecular formula is C12H17N3O2. The van der Waals surface area contributed by atoms with Gasteiger partial charge in [-0.2, -0.15) is 5.10 Å². The SMILES string of the molecule is CCOC(=O)c1c(C2CC2)nn2c1NCCC2. The van der Waals surface area contributed by atoms with Crippen LogP contribution in [0.3, 0.4) is 0 Å². The largest absolute Gasteiger partial charge is 0.462 e. The lowest BCUT2D eigenvalue weighted by Gasteiger charge is -2.16. The number of nitrogens with one attached hydrogen (secondary N) is 1. The molecule has 5 heteroatoms. The summed E-state index contributed by atoms with van der Waals surface area (Å²) < 4.78 is 7.06. The summed E-state index contributed by atoms with van der Waals surface area (Å²) in [5.74, 6) is 1.09. The van der Waals surface area contributed by atoms with Gasteiger partial charge >= 0.3 is 5.97 Å². The Kier molecular flexibility index (Phi) is 2.53. The Morgan fingerprint density at radius 2 is 2.41 bits per heavy atom. The van der Waals surface area contributed by atoms with Gasteiger partial charge < -0.3 is 10.1 Å². The van der Waals surface area contributed by atoms with Crippen LogP contribution in [0.25, 0.3) is 0 Å². The summed E-state index contributed by atoms with van der Waals surface area (Å²) in [6.07, 6.45) is 3.34. The number of hydrogen-bond acceptors (Lipinski definition) is 4. The molecule has 0 saturated heterocycles. The van der Waals surface area contributed by atoms with Crippen LogP contribution in [0, 0.1) is 0 Å². The van der Waals surface area contributed by atoms with E-state index in [0.29, 0.717) is 18.1 Å². The van der Waals surface area contributed by atoms with Gasteiger partial charge in [0.1, 0.15) is 11.4 Å². The predicted octanol–water partition coefficient (Wildman–Crippen LogP) is 1.75. The molecule has 0 amide bonds. The molecule has 0 aromatic carbocycles. The van der Waals surface area contributed by atoms with E-state index in [2.05, 4.69) is 10.4 Å². The molecule has 5 nitrogen and oxygen atoms in total. The summed E-state index contributed by atoms with van der Waals surface area (Å²) in [6, 6.07) is 0. The molecule has 92 valence electrons. The van der Waals surface area contributed by atoms with Crippen molar-refractivity contribution in [1.29, 1.82) is 0 Å². The van der Waals surface area contributed by atoms with E-state index in [9.17, 15) is 4.79 Å². The highest BCUT2D eigenvalue weighted by Gasteiger charge is 2.35. The summed E-state index contributed by atoms with van der Waals surface area (Å²) in [5.41, 5.74) is 1.61. The van der Waals surface area contributed by atoms with Crippen molar-refractivity contribution in [3.05, 3.63) is 11.3 Å². The van der Waals surface area contributed by atoms with Gasteiger partial charge in [-0.05, 0) is 26.2 Å². The molecule has 2 heterocycles. The quantitative estimate of drug-likeness (QED) is 0.811. The number of esters is 1. The van der Waals surface area contributed by atoms with E-state index >= 15 is 0 Å². The van der Waals surface area contributed by atoms with Crippen LogP contribution in [0.15, 0.2) is 0 Å². The van der Waals surface area contributed by atoms with E-state index < -0.39 is 0 Å². The van der Waals surface area contributed by atoms with Crippen LogP contribution in [-0.4, -0.2) is 28.9 Å². The first-order valence-electron chi connectivity index (χ1n) is 6.33. The third-order valence-corrected chi connectivity index (χ3v) is 3.26. The fourth-order valence-corrected chi connectivity index (χ4v) is 2.30. The first kappa shape index (κ1) is 10.6. The molecule has 1 aliphatic heterocycles. The van der Waals surface area contributed by atoms with Crippen LogP contribution in [0.2, 0.25) is 0 Å². The van der Waals surface area contributed by atoms with Crippen molar-refractivity contribution in [3.63, 3.8) is 0 Å². The van der Waals surface area contributed by atoms with Crippen molar-refractivity contribution in [2.45, 2.75) is 38.6 Å². The van der Waals surface area contributed by atoms with Gasteiger partial charge in [0.2, 0.25) is 0 Å². The molecule has 0 bridgehead atoms. The van der Waals surface area contributed by atoms with Crippen molar-refractivity contribution in [1.82, 2.24) is 9.78 Å². The molecule has 0 spiro atoms. The molecule has 0 unspecified atom stereocenters. The molecule has 2 aliphatic rings. The smallest absolute Gasteiger partial charge is 0.343 e. The second-order valence-electron chi connectivity index (χ2n) is 4.61. The van der Waals surface area contributed by atoms with Gasteiger partial charge in [-0.25, -0.2) is 9.48 Å². The molecule has 0 atom stereocenters. The average molecular weight is 235 g/mol. The van der Waals surface area contributed by atoms with E-state index in [1.165, 1.54) is 0 Å². The first-order valence-corrected chi connectivity index (χ1v) is 6.33. The molecule has 17 heavy (non-hydrogen) atoms. The molecule has 1 saturated carbocycles. The number of fused-ring (bicyclic) bond motifs is 1. The molecule has 1 N–H and O–H groups in total. The number of aryl methyl sites for hydroxylation is 1. The van der Waals surface area contributed by atoms with Crippen LogP contribution in [0.4, 0.5) is 5.82 Å². The van der Waals surface area contributed by atoms with Crippen LogP contribution in [0.5, 0.6) is 0 Å². The topological polar surface area (TPSA) is 56.1 Å². The Morgan fingerprint density at radius 3 is 3.12 bits per heavy atom. The lowest BCUT2D eigenvalue weighted by molar-refractivity contribution is 0.0526. The minimum absolute atomic E-state index is 0.231. The standard InChI is InChI=1S/C12H17N3O2/c1-2-17-12(16)9-10(8-4-5-8)14-15-7-3-6-13-11(9)15/h8,13H,2-7H2,1H3. The Hall–Kier alpha value is -1.52. The Bertz CT molecular complexity index is 449. The van der Waals surface area contributed by atoms with Crippen LogP contribution < -0.4 is 5.32 Å². The van der Waals surface area contributed by atoms with Crippen molar-refractivity contribution in [3.8, 4) is 0 Å². The normalized spacial score (nSPS) is 18.4. The summed E-state index contributed by atoms with van der Waals surface area (Å²) in [6.45, 7) is 4.04. The lowest BCUT2D eigenvalue weighted by Crippen LogP contribution is -2.19. The number of hydrogen-bond donors (Lipinski definition) is 1. The van der Waals surface area contributed by atoms with Crippen LogP contribution in [-0.2, 0) is 11.3 Å². The predicted molar refractivity (Wildman–Crippen MR) is 63.3 cm³/mol. The molecule has 1 aliphatic carbocycles. The van der Waals surface area contributed by atoms with Gasteiger partial charge in [-0.15, -0.1) is 0 Å². The zero-order valence-corrected chi connectivity index (χ0v) is 10.0. The number of aromatic nitrogens is 2. The van der Waals surface area contributed by atoms with Crippen molar-refractivity contribution >= 4 is 11.8 Å². The first-order chi connectivity index (χ1) is 8.31. The maximum absolute atomic E-state index is 12.0. The van der Waals surface area contributed by atoms with Crippen molar-refractivity contribution < 1.29 is 9.53 Å². The number of carbonyl (C=O) groups excluding carboxylic acids is 1. The van der Waals surface area contributed by atoms with Crippen LogP contribution in [0.1, 0.15) is 48.2 Å². The highest BCUT2D eigenvalue weighted by atomic mass is 16.5. The maximum atomic E-state index is 12.0. The second kappa shape index (κ2) is 4.05. The highest BCUT2D eigenvalue weighted by Crippen LogP contribution is 2.43. The van der Waals surface area contributed by atoms with E-state index in [0.717, 1.165) is 43.9 Å². The number of carbonyl (C=O) groups is 1. The fourth-order valence-electron chi connectivity index (χ4n) is 2.30. The third-order valence-electron chi connectivity index (χ3n) is 3.26. The molecule has 1 aromatic heterocycles. The summed E-state index contributed by atoms with van der Waals surface area (Å²) in [5, 5.41) is 7.84. The van der Waals surface area contributed by atoms with E-state index in [1.807, 2.05) is 11.6 Å². The van der Waals surface area contributed by atoms with Gasteiger partial charge in [0.05, 0.1) is 12.3 Å². The molecule has 0 radical (unpaired) electrons. The van der Waals surface area contributed by atoms with Gasteiger partial charge in [0.15, 0.2) is 0 Å². The Balaban J connectivity index is 2.02. The number of ether oxygens (including phenoxy) is 1. The second-order valence-corrected chi connectivity index (χ2v) is 4.61. The van der Waals surface area contributed by atoms with E-state index in [1.54, 1.807) is 0 Å². The zero-order chi connectivity index (χ0) is 11.8. The Labute approximate surface area is 100 Å². The molecule has 3 rings (SSSR count). The average Bonchev–Trinajstić information content (AvgIpc) is 3.09. The summed E-state index contributed by atoms with van der Waals surface area (Å²) in [7, 11) is 0. The Morgan fingerprint density at radius 1 is 1.59 bits per heavy atom. The molecule has 1 fully saturated rings. The van der Waals surface area contributed by atoms with Gasteiger partial charge in [0, 0.05) is 19.0 Å².